The number of esters is 4. The molecule has 394 valence electrons. The summed E-state index contributed by atoms with van der Waals surface area (Å²) in [4.78, 5) is 93.1. The molecule has 0 spiro atoms. The summed E-state index contributed by atoms with van der Waals surface area (Å²) in [7, 11) is 0. The number of nitrogens with two attached hydrogens (primary N) is 1. The Balaban J connectivity index is 3.00. The Morgan fingerprint density at radius 2 is 0.942 bits per heavy atom. The molecule has 0 aliphatic carbocycles. The lowest BCUT2D eigenvalue weighted by Crippen LogP contribution is -2.52. The first-order chi connectivity index (χ1) is 31.6. The molecule has 1 rings (SSSR count). The average Bonchev–Trinajstić information content (AvgIpc) is 3.14. The number of carbonyl (C=O) groups excluding carboxylic acids is 7. The van der Waals surface area contributed by atoms with Gasteiger partial charge < -0.3 is 34.2 Å². The molecule has 18 nitrogen and oxygen atoms in total. The maximum absolute atomic E-state index is 13.4. The quantitative estimate of drug-likeness (QED) is 0.0352. The van der Waals surface area contributed by atoms with Crippen LogP contribution in [0.2, 0.25) is 0 Å². The Morgan fingerprint density at radius 1 is 0.536 bits per heavy atom. The van der Waals surface area contributed by atoms with E-state index in [1.165, 1.54) is 0 Å². The maximum atomic E-state index is 13.4. The van der Waals surface area contributed by atoms with Crippen molar-refractivity contribution in [3.63, 3.8) is 0 Å². The zero-order valence-corrected chi connectivity index (χ0v) is 44.6. The summed E-state index contributed by atoms with van der Waals surface area (Å²) in [6.45, 7) is 24.9. The van der Waals surface area contributed by atoms with E-state index in [4.69, 9.17) is 34.2 Å². The third kappa shape index (κ3) is 33.4. The predicted molar refractivity (Wildman–Crippen MR) is 263 cm³/mol. The van der Waals surface area contributed by atoms with Gasteiger partial charge in [0.25, 0.3) is 5.91 Å². The molecule has 0 aromatic heterocycles. The largest absolute Gasteiger partial charge is 0.486 e. The van der Waals surface area contributed by atoms with Crippen molar-refractivity contribution in [3.8, 4) is 5.75 Å². The summed E-state index contributed by atoms with van der Waals surface area (Å²) in [6.07, 6.45) is 6.60. The minimum Gasteiger partial charge on any atom is -0.486 e. The lowest BCUT2D eigenvalue weighted by molar-refractivity contribution is -0.165. The van der Waals surface area contributed by atoms with Gasteiger partial charge in [-0.3, -0.25) is 44.0 Å². The molecule has 18 heteroatoms. The van der Waals surface area contributed by atoms with Crippen molar-refractivity contribution in [2.24, 2.45) is 5.73 Å². The Hall–Kier alpha value is -4.81. The summed E-state index contributed by atoms with van der Waals surface area (Å²) in [6, 6.07) is 5.73. The summed E-state index contributed by atoms with van der Waals surface area (Å²) < 4.78 is 33.5. The van der Waals surface area contributed by atoms with E-state index >= 15 is 0 Å². The van der Waals surface area contributed by atoms with Crippen molar-refractivity contribution in [3.05, 3.63) is 29.8 Å². The summed E-state index contributed by atoms with van der Waals surface area (Å²) in [5.41, 5.74) is 7.33. The number of carbonyl (C=O) groups is 7. The van der Waals surface area contributed by atoms with Gasteiger partial charge in [0.15, 0.2) is 5.78 Å². The number of amides is 2. The van der Waals surface area contributed by atoms with Crippen LogP contribution in [0, 0.1) is 0 Å². The Kier molecular flexibility index (Phi) is 25.9. The molecule has 0 radical (unpaired) electrons. The van der Waals surface area contributed by atoms with Gasteiger partial charge in [0.1, 0.15) is 40.4 Å². The third-order valence-electron chi connectivity index (χ3n) is 9.32. The number of hydrazine groups is 1. The van der Waals surface area contributed by atoms with Crippen molar-refractivity contribution in [1.29, 1.82) is 0 Å². The summed E-state index contributed by atoms with van der Waals surface area (Å²) in [5, 5.41) is 0. The van der Waals surface area contributed by atoms with Gasteiger partial charge in [0.2, 0.25) is 0 Å². The van der Waals surface area contributed by atoms with Crippen LogP contribution in [0.3, 0.4) is 0 Å². The zero-order valence-electron chi connectivity index (χ0n) is 44.6. The van der Waals surface area contributed by atoms with Crippen LogP contribution in [0.25, 0.3) is 0 Å². The van der Waals surface area contributed by atoms with Gasteiger partial charge in [-0.2, -0.15) is 0 Å². The monoisotopic (exact) mass is 978 g/mol. The molecule has 4 N–H and O–H groups in total. The predicted octanol–water partition coefficient (Wildman–Crippen LogP) is 6.91. The molecule has 2 amide bonds. The van der Waals surface area contributed by atoms with E-state index in [1.807, 2.05) is 12.1 Å². The molecule has 2 atom stereocenters. The fourth-order valence-corrected chi connectivity index (χ4v) is 6.74. The highest BCUT2D eigenvalue weighted by Gasteiger charge is 2.32. The standard InChI is InChI=1S/C51H87N5O13/c1-47(2,3)65-41(58)31-55(32-42(59)66-48(4,5)6)30-37(56(33-43(60)67-49(7,8)9)34-44(61)68-50(10,11)12)29-36-25-27-39(28-26-36)64-35-38(57)23-21-19-17-16-18-20-22-24-40(52)45(62)53-54-46(63)69-51(13,14)15/h25-28,37,40H,16-24,29-35,52H2,1-15H3,(H,53,62)(H,54,63). The fraction of sp³-hybridized carbons (Fsp3) is 0.745. The molecule has 0 saturated carbocycles. The van der Waals surface area contributed by atoms with E-state index < -0.39 is 76.0 Å². The first-order valence-electron chi connectivity index (χ1n) is 24.2. The molecule has 0 aliphatic rings. The number of benzene rings is 1. The van der Waals surface area contributed by atoms with Crippen LogP contribution in [0.15, 0.2) is 24.3 Å². The van der Waals surface area contributed by atoms with E-state index in [1.54, 1.807) is 126 Å². The first kappa shape index (κ1) is 62.2. The second-order valence-electron chi connectivity index (χ2n) is 22.5. The van der Waals surface area contributed by atoms with Crippen LogP contribution in [-0.4, -0.2) is 131 Å². The van der Waals surface area contributed by atoms with Gasteiger partial charge >= 0.3 is 30.0 Å². The Bertz CT molecular complexity index is 1730. The van der Waals surface area contributed by atoms with E-state index in [2.05, 4.69) is 10.9 Å². The molecule has 0 aliphatic heterocycles. The molecular weight excluding hydrogens is 891 g/mol. The van der Waals surface area contributed by atoms with Crippen molar-refractivity contribution >= 4 is 41.7 Å². The maximum Gasteiger partial charge on any atom is 0.426 e. The number of nitrogens with one attached hydrogen (secondary N) is 2. The normalized spacial score (nSPS) is 13.2. The SMILES string of the molecule is CC(C)(C)OC(=O)CN(CC(=O)OC(C)(C)C)CC(Cc1ccc(OCC(=O)CCCCCCCCCC(N)C(=O)NNC(=O)OC(C)(C)C)cc1)N(CC(=O)OC(C)(C)C)CC(=O)OC(C)(C)C. The number of hydrogen-bond acceptors (Lipinski definition) is 16. The van der Waals surface area contributed by atoms with Gasteiger partial charge in [0.05, 0.1) is 32.2 Å². The lowest BCUT2D eigenvalue weighted by atomic mass is 10.0. The Morgan fingerprint density at radius 3 is 1.38 bits per heavy atom. The minimum atomic E-state index is -0.811. The van der Waals surface area contributed by atoms with Crippen molar-refractivity contribution in [1.82, 2.24) is 20.7 Å². The molecule has 0 fully saturated rings. The number of hydrogen-bond donors (Lipinski definition) is 3. The third-order valence-corrected chi connectivity index (χ3v) is 9.32. The lowest BCUT2D eigenvalue weighted by Gasteiger charge is -2.36. The van der Waals surface area contributed by atoms with Crippen LogP contribution in [0.5, 0.6) is 5.75 Å². The van der Waals surface area contributed by atoms with Gasteiger partial charge in [-0.05, 0) is 141 Å². The topological polar surface area (TPSA) is 231 Å². The van der Waals surface area contributed by atoms with Crippen LogP contribution >= 0.6 is 0 Å². The number of ketones is 1. The van der Waals surface area contributed by atoms with Crippen molar-refractivity contribution < 1.29 is 62.0 Å². The van der Waals surface area contributed by atoms with E-state index in [-0.39, 0.29) is 51.5 Å². The van der Waals surface area contributed by atoms with E-state index in [9.17, 15) is 33.6 Å². The van der Waals surface area contributed by atoms with Gasteiger partial charge in [0, 0.05) is 19.0 Å². The number of rotatable bonds is 27. The van der Waals surface area contributed by atoms with Gasteiger partial charge in [-0.1, -0.05) is 50.7 Å². The zero-order chi connectivity index (χ0) is 52.8. The van der Waals surface area contributed by atoms with Crippen molar-refractivity contribution in [2.45, 2.75) is 208 Å². The molecule has 0 heterocycles. The number of unbranched alkanes of at least 4 members (excludes halogenated alkanes) is 6. The van der Waals surface area contributed by atoms with Gasteiger partial charge in [-0.25, -0.2) is 10.2 Å². The first-order valence-corrected chi connectivity index (χ1v) is 24.2. The van der Waals surface area contributed by atoms with E-state index in [0.717, 1.165) is 50.5 Å². The number of ether oxygens (including phenoxy) is 6. The molecule has 0 saturated heterocycles. The van der Waals surface area contributed by atoms with E-state index in [0.29, 0.717) is 18.6 Å². The number of Topliss-reactive ketones (excluding diaryl/α,β-unsaturated/α-hetero) is 1. The van der Waals surface area contributed by atoms with Crippen LogP contribution < -0.4 is 21.3 Å². The highest BCUT2D eigenvalue weighted by Crippen LogP contribution is 2.20. The summed E-state index contributed by atoms with van der Waals surface area (Å²) in [5.74, 6) is -2.32. The second-order valence-corrected chi connectivity index (χ2v) is 22.5. The number of nitrogens with zero attached hydrogens (tertiary/aromatic N) is 2. The molecule has 69 heavy (non-hydrogen) atoms. The van der Waals surface area contributed by atoms with Crippen LogP contribution in [-0.2, 0) is 58.9 Å². The van der Waals surface area contributed by atoms with Crippen LogP contribution in [0.4, 0.5) is 4.79 Å². The highest BCUT2D eigenvalue weighted by molar-refractivity contribution is 5.83. The van der Waals surface area contributed by atoms with Gasteiger partial charge in [-0.15, -0.1) is 0 Å². The fourth-order valence-electron chi connectivity index (χ4n) is 6.74. The van der Waals surface area contributed by atoms with Crippen LogP contribution in [0.1, 0.15) is 167 Å². The molecule has 1 aromatic carbocycles. The molecule has 0 bridgehead atoms. The summed E-state index contributed by atoms with van der Waals surface area (Å²) >= 11 is 0. The highest BCUT2D eigenvalue weighted by atomic mass is 16.6. The molecule has 2 unspecified atom stereocenters. The smallest absolute Gasteiger partial charge is 0.426 e. The van der Waals surface area contributed by atoms with Crippen molar-refractivity contribution in [2.75, 3.05) is 39.3 Å². The molecular formula is C51H87N5O13. The average molecular weight is 978 g/mol. The minimum absolute atomic E-state index is 0.0254. The molecule has 1 aromatic rings. The Labute approximate surface area is 412 Å². The second kappa shape index (κ2) is 28.8.